The molecule has 8 heteroatoms. The third-order valence-corrected chi connectivity index (χ3v) is 3.01. The van der Waals surface area contributed by atoms with Crippen molar-refractivity contribution in [3.05, 3.63) is 47.3 Å². The summed E-state index contributed by atoms with van der Waals surface area (Å²) in [5, 5.41) is 5.67. The van der Waals surface area contributed by atoms with E-state index in [1.165, 1.54) is 14.2 Å². The van der Waals surface area contributed by atoms with Gasteiger partial charge in [0.15, 0.2) is 5.69 Å². The van der Waals surface area contributed by atoms with Crippen molar-refractivity contribution in [2.24, 2.45) is 0 Å². The van der Waals surface area contributed by atoms with Crippen LogP contribution < -0.4 is 10.1 Å². The highest BCUT2D eigenvalue weighted by Gasteiger charge is 2.39. The molecular formula is C14H14F3N3O2. The van der Waals surface area contributed by atoms with Gasteiger partial charge in [0, 0.05) is 13.2 Å². The summed E-state index contributed by atoms with van der Waals surface area (Å²) < 4.78 is 44.9. The number of benzene rings is 1. The smallest absolute Gasteiger partial charge is 0.435 e. The number of ether oxygens (including phenoxy) is 1. The fraction of sp³-hybridized carbons (Fsp3) is 0.286. The number of methoxy groups -OCH3 is 1. The van der Waals surface area contributed by atoms with Crippen molar-refractivity contribution in [1.29, 1.82) is 0 Å². The molecule has 0 fully saturated rings. The van der Waals surface area contributed by atoms with E-state index >= 15 is 0 Å². The highest BCUT2D eigenvalue weighted by Crippen LogP contribution is 2.30. The zero-order valence-corrected chi connectivity index (χ0v) is 11.9. The molecule has 5 nitrogen and oxygen atoms in total. The molecule has 0 atom stereocenters. The molecule has 1 heterocycles. The number of halogens is 3. The number of nitrogens with one attached hydrogen (secondary N) is 1. The lowest BCUT2D eigenvalue weighted by Crippen LogP contribution is -2.21. The zero-order chi connectivity index (χ0) is 16.3. The Morgan fingerprint density at radius 3 is 2.45 bits per heavy atom. The fourth-order valence-electron chi connectivity index (χ4n) is 1.93. The van der Waals surface area contributed by atoms with E-state index in [4.69, 9.17) is 4.74 Å². The van der Waals surface area contributed by atoms with Crippen LogP contribution in [0.4, 0.5) is 13.2 Å². The molecule has 1 amide bonds. The van der Waals surface area contributed by atoms with Crippen molar-refractivity contribution in [3.8, 4) is 5.75 Å². The summed E-state index contributed by atoms with van der Waals surface area (Å²) in [7, 11) is 2.79. The molecule has 0 spiro atoms. The fourth-order valence-corrected chi connectivity index (χ4v) is 1.93. The number of amides is 1. The largest absolute Gasteiger partial charge is 0.497 e. The summed E-state index contributed by atoms with van der Waals surface area (Å²) >= 11 is 0. The average molecular weight is 313 g/mol. The molecule has 0 aliphatic heterocycles. The maximum atomic E-state index is 12.9. The van der Waals surface area contributed by atoms with E-state index in [2.05, 4.69) is 10.4 Å². The van der Waals surface area contributed by atoms with Crippen LogP contribution >= 0.6 is 0 Å². The van der Waals surface area contributed by atoms with Gasteiger partial charge in [-0.3, -0.25) is 9.48 Å². The van der Waals surface area contributed by atoms with Crippen LogP contribution in [0.25, 0.3) is 0 Å². The molecule has 0 unspecified atom stereocenters. The van der Waals surface area contributed by atoms with Crippen LogP contribution in [0.1, 0.15) is 21.6 Å². The molecule has 1 aromatic carbocycles. The standard InChI is InChI=1S/C14H14F3N3O2/c1-18-13(21)11-8-20(19-12(11)14(15,16)17)7-9-3-5-10(22-2)6-4-9/h3-6,8H,7H2,1-2H3,(H,18,21). The maximum absolute atomic E-state index is 12.9. The van der Waals surface area contributed by atoms with Gasteiger partial charge in [-0.2, -0.15) is 18.3 Å². The quantitative estimate of drug-likeness (QED) is 0.942. The van der Waals surface area contributed by atoms with Crippen molar-refractivity contribution in [2.45, 2.75) is 12.7 Å². The lowest BCUT2D eigenvalue weighted by atomic mass is 10.2. The topological polar surface area (TPSA) is 56.2 Å². The van der Waals surface area contributed by atoms with Crippen molar-refractivity contribution in [2.75, 3.05) is 14.2 Å². The third kappa shape index (κ3) is 3.38. The number of rotatable bonds is 4. The van der Waals surface area contributed by atoms with Gasteiger partial charge >= 0.3 is 6.18 Å². The lowest BCUT2D eigenvalue weighted by molar-refractivity contribution is -0.141. The predicted molar refractivity (Wildman–Crippen MR) is 72.7 cm³/mol. The van der Waals surface area contributed by atoms with E-state index in [9.17, 15) is 18.0 Å². The van der Waals surface area contributed by atoms with Crippen molar-refractivity contribution < 1.29 is 22.7 Å². The SMILES string of the molecule is CNC(=O)c1cn(Cc2ccc(OC)cc2)nc1C(F)(F)F. The van der Waals surface area contributed by atoms with Gasteiger partial charge in [-0.25, -0.2) is 0 Å². The molecule has 0 bridgehead atoms. The first-order valence-corrected chi connectivity index (χ1v) is 6.35. The Kier molecular flexibility index (Phi) is 4.39. The van der Waals surface area contributed by atoms with Crippen LogP contribution in [0.15, 0.2) is 30.5 Å². The van der Waals surface area contributed by atoms with E-state index in [1.54, 1.807) is 24.3 Å². The molecule has 118 valence electrons. The monoisotopic (exact) mass is 313 g/mol. The second-order valence-corrected chi connectivity index (χ2v) is 4.51. The van der Waals surface area contributed by atoms with Crippen LogP contribution in [0.2, 0.25) is 0 Å². The van der Waals surface area contributed by atoms with Crippen molar-refractivity contribution in [3.63, 3.8) is 0 Å². The predicted octanol–water partition coefficient (Wildman–Crippen LogP) is 2.32. The van der Waals surface area contributed by atoms with E-state index in [0.29, 0.717) is 5.75 Å². The molecule has 0 aliphatic carbocycles. The van der Waals surface area contributed by atoms with E-state index < -0.39 is 23.3 Å². The average Bonchev–Trinajstić information content (AvgIpc) is 2.91. The minimum atomic E-state index is -4.69. The summed E-state index contributed by atoms with van der Waals surface area (Å²) in [6, 6.07) is 6.83. The number of nitrogens with zero attached hydrogens (tertiary/aromatic N) is 2. The van der Waals surface area contributed by atoms with Crippen molar-refractivity contribution >= 4 is 5.91 Å². The van der Waals surface area contributed by atoms with Gasteiger partial charge in [-0.15, -0.1) is 0 Å². The Hall–Kier alpha value is -2.51. The summed E-state index contributed by atoms with van der Waals surface area (Å²) in [5.41, 5.74) is -0.954. The Labute approximate surface area is 124 Å². The van der Waals surface area contributed by atoms with Gasteiger partial charge in [-0.1, -0.05) is 12.1 Å². The summed E-state index contributed by atoms with van der Waals surface area (Å²) in [6.07, 6.45) is -3.60. The molecule has 1 aromatic heterocycles. The zero-order valence-electron chi connectivity index (χ0n) is 11.9. The lowest BCUT2D eigenvalue weighted by Gasteiger charge is -2.05. The molecule has 0 saturated heterocycles. The van der Waals surface area contributed by atoms with Gasteiger partial charge in [0.25, 0.3) is 5.91 Å². The van der Waals surface area contributed by atoms with Gasteiger partial charge in [0.2, 0.25) is 0 Å². The Balaban J connectivity index is 2.31. The summed E-state index contributed by atoms with van der Waals surface area (Å²) in [6.45, 7) is 0.115. The van der Waals surface area contributed by atoms with Crippen LogP contribution in [0.5, 0.6) is 5.75 Å². The first kappa shape index (κ1) is 15.9. The summed E-state index contributed by atoms with van der Waals surface area (Å²) in [5.74, 6) is -0.181. The van der Waals surface area contributed by atoms with Crippen LogP contribution in [-0.4, -0.2) is 29.8 Å². The van der Waals surface area contributed by atoms with Crippen LogP contribution in [0, 0.1) is 0 Å². The first-order chi connectivity index (χ1) is 10.3. The van der Waals surface area contributed by atoms with E-state index in [1.807, 2.05) is 0 Å². The third-order valence-electron chi connectivity index (χ3n) is 3.01. The molecule has 2 rings (SSSR count). The minimum absolute atomic E-state index is 0.115. The number of aromatic nitrogens is 2. The van der Waals surface area contributed by atoms with Gasteiger partial charge < -0.3 is 10.1 Å². The highest BCUT2D eigenvalue weighted by atomic mass is 19.4. The number of hydrogen-bond donors (Lipinski definition) is 1. The Morgan fingerprint density at radius 2 is 1.95 bits per heavy atom. The molecular weight excluding hydrogens is 299 g/mol. The van der Waals surface area contributed by atoms with Gasteiger partial charge in [-0.05, 0) is 17.7 Å². The van der Waals surface area contributed by atoms with E-state index in [0.717, 1.165) is 16.4 Å². The van der Waals surface area contributed by atoms with Gasteiger partial charge in [0.1, 0.15) is 5.75 Å². The second kappa shape index (κ2) is 6.08. The number of carbonyl (C=O) groups is 1. The Bertz CT molecular complexity index is 663. The molecule has 1 N–H and O–H groups in total. The Morgan fingerprint density at radius 1 is 1.32 bits per heavy atom. The molecule has 0 radical (unpaired) electrons. The second-order valence-electron chi connectivity index (χ2n) is 4.51. The van der Waals surface area contributed by atoms with Crippen molar-refractivity contribution in [1.82, 2.24) is 15.1 Å². The van der Waals surface area contributed by atoms with E-state index in [-0.39, 0.29) is 6.54 Å². The van der Waals surface area contributed by atoms with Crippen LogP contribution in [-0.2, 0) is 12.7 Å². The first-order valence-electron chi connectivity index (χ1n) is 6.35. The number of alkyl halides is 3. The summed E-state index contributed by atoms with van der Waals surface area (Å²) in [4.78, 5) is 11.5. The number of carbonyl (C=O) groups excluding carboxylic acids is 1. The molecule has 0 aliphatic rings. The minimum Gasteiger partial charge on any atom is -0.497 e. The molecule has 0 saturated carbocycles. The molecule has 22 heavy (non-hydrogen) atoms. The molecule has 2 aromatic rings. The maximum Gasteiger partial charge on any atom is 0.435 e. The highest BCUT2D eigenvalue weighted by molar-refractivity contribution is 5.95. The number of hydrogen-bond acceptors (Lipinski definition) is 3. The van der Waals surface area contributed by atoms with Gasteiger partial charge in [0.05, 0.1) is 19.2 Å². The normalized spacial score (nSPS) is 11.3. The van der Waals surface area contributed by atoms with Crippen LogP contribution in [0.3, 0.4) is 0 Å².